The maximum absolute atomic E-state index is 10.1. The molecule has 2 atom stereocenters. The van der Waals surface area contributed by atoms with E-state index in [1.165, 1.54) is 0 Å². The van der Waals surface area contributed by atoms with Gasteiger partial charge in [0.05, 0.1) is 17.7 Å². The van der Waals surface area contributed by atoms with Crippen molar-refractivity contribution in [2.24, 2.45) is 0 Å². The predicted octanol–water partition coefficient (Wildman–Crippen LogP) is 2.21. The van der Waals surface area contributed by atoms with Gasteiger partial charge < -0.3 is 20.0 Å². The number of aliphatic hydroxyl groups is 2. The molecule has 1 aromatic heterocycles. The van der Waals surface area contributed by atoms with Crippen molar-refractivity contribution in [3.63, 3.8) is 0 Å². The molecule has 25 heavy (non-hydrogen) atoms. The van der Waals surface area contributed by atoms with Crippen LogP contribution in [0.15, 0.2) is 18.2 Å². The molecule has 0 aliphatic carbocycles. The number of aliphatic hydroxyl groups excluding tert-OH is 2. The molecule has 0 bridgehead atoms. The largest absolute Gasteiger partial charge is 0.391 e. The summed E-state index contributed by atoms with van der Waals surface area (Å²) in [5.41, 5.74) is 0.838. The van der Waals surface area contributed by atoms with Gasteiger partial charge in [0.1, 0.15) is 5.82 Å². The van der Waals surface area contributed by atoms with Gasteiger partial charge in [-0.15, -0.1) is 0 Å². The Morgan fingerprint density at radius 1 is 0.960 bits per heavy atom. The highest BCUT2D eigenvalue weighted by atomic mass is 35.5. The maximum atomic E-state index is 10.1. The molecule has 0 radical (unpaired) electrons. The Kier molecular flexibility index (Phi) is 4.67. The van der Waals surface area contributed by atoms with Gasteiger partial charge in [-0.1, -0.05) is 11.6 Å². The lowest BCUT2D eigenvalue weighted by molar-refractivity contribution is 0.153. The highest BCUT2D eigenvalue weighted by molar-refractivity contribution is 6.31. The first-order valence-corrected chi connectivity index (χ1v) is 9.31. The van der Waals surface area contributed by atoms with Crippen LogP contribution in [-0.4, -0.2) is 58.6 Å². The van der Waals surface area contributed by atoms with Crippen molar-refractivity contribution in [2.75, 3.05) is 36.0 Å². The monoisotopic (exact) mass is 362 g/mol. The van der Waals surface area contributed by atoms with Gasteiger partial charge in [-0.2, -0.15) is 4.98 Å². The van der Waals surface area contributed by atoms with Gasteiger partial charge in [0.15, 0.2) is 0 Å². The first-order valence-electron chi connectivity index (χ1n) is 8.93. The smallest absolute Gasteiger partial charge is 0.227 e. The van der Waals surface area contributed by atoms with Crippen molar-refractivity contribution in [3.8, 4) is 0 Å². The van der Waals surface area contributed by atoms with Crippen molar-refractivity contribution < 1.29 is 10.2 Å². The Morgan fingerprint density at radius 2 is 1.64 bits per heavy atom. The second kappa shape index (κ2) is 6.94. The normalized spacial score (nSPS) is 24.8. The van der Waals surface area contributed by atoms with E-state index < -0.39 is 0 Å². The number of anilines is 2. The molecule has 1 aromatic carbocycles. The summed E-state index contributed by atoms with van der Waals surface area (Å²) >= 11 is 6.20. The van der Waals surface area contributed by atoms with Gasteiger partial charge in [0, 0.05) is 36.6 Å². The molecule has 6 nitrogen and oxygen atoms in total. The maximum Gasteiger partial charge on any atom is 0.227 e. The van der Waals surface area contributed by atoms with E-state index in [0.717, 1.165) is 55.5 Å². The molecule has 2 saturated heterocycles. The number of β-amino-alcohol motifs (C(OH)–C–C–N with tert-alkyl or cyclic N) is 2. The topological polar surface area (TPSA) is 72.7 Å². The van der Waals surface area contributed by atoms with Crippen LogP contribution in [0.4, 0.5) is 11.8 Å². The van der Waals surface area contributed by atoms with Crippen LogP contribution >= 0.6 is 11.6 Å². The Hall–Kier alpha value is -1.63. The molecular weight excluding hydrogens is 340 g/mol. The molecule has 0 spiro atoms. The molecule has 2 fully saturated rings. The fourth-order valence-electron chi connectivity index (χ4n) is 3.74. The van der Waals surface area contributed by atoms with Crippen LogP contribution in [0.1, 0.15) is 25.7 Å². The second-order valence-electron chi connectivity index (χ2n) is 6.99. The Morgan fingerprint density at radius 3 is 2.36 bits per heavy atom. The summed E-state index contributed by atoms with van der Waals surface area (Å²) in [5.74, 6) is 1.46. The van der Waals surface area contributed by atoms with Crippen LogP contribution in [0.2, 0.25) is 5.02 Å². The fraction of sp³-hybridized carbons (Fsp3) is 0.556. The molecule has 134 valence electrons. The van der Waals surface area contributed by atoms with Crippen molar-refractivity contribution in [3.05, 3.63) is 23.2 Å². The van der Waals surface area contributed by atoms with Crippen LogP contribution in [-0.2, 0) is 0 Å². The third-order valence-corrected chi connectivity index (χ3v) is 5.24. The standard InChI is InChI=1S/C18H23ClN4O2/c19-12-5-6-16-15(9-12)17(22-7-1-3-13(24)10-22)21-18(20-16)23-8-2-4-14(25)11-23/h5-6,9,13-14,24-25H,1-4,7-8,10-11H2. The Labute approximate surface area is 152 Å². The molecule has 4 rings (SSSR count). The minimum atomic E-state index is -0.335. The van der Waals surface area contributed by atoms with Gasteiger partial charge in [0.25, 0.3) is 0 Å². The van der Waals surface area contributed by atoms with E-state index in [9.17, 15) is 10.2 Å². The SMILES string of the molecule is OC1CCCN(c2nc(N3CCCC(O)C3)c3cc(Cl)ccc3n2)C1. The average Bonchev–Trinajstić information content (AvgIpc) is 2.61. The lowest BCUT2D eigenvalue weighted by Gasteiger charge is -2.34. The summed E-state index contributed by atoms with van der Waals surface area (Å²) in [7, 11) is 0. The van der Waals surface area contributed by atoms with Crippen molar-refractivity contribution in [1.29, 1.82) is 0 Å². The van der Waals surface area contributed by atoms with Crippen molar-refractivity contribution in [1.82, 2.24) is 9.97 Å². The van der Waals surface area contributed by atoms with E-state index in [1.807, 2.05) is 23.1 Å². The van der Waals surface area contributed by atoms with E-state index in [4.69, 9.17) is 21.6 Å². The van der Waals surface area contributed by atoms with Crippen molar-refractivity contribution >= 4 is 34.3 Å². The number of halogens is 1. The first-order chi connectivity index (χ1) is 12.1. The van der Waals surface area contributed by atoms with E-state index in [0.29, 0.717) is 24.1 Å². The summed E-state index contributed by atoms with van der Waals surface area (Å²) in [6, 6.07) is 5.63. The third kappa shape index (κ3) is 3.52. The lowest BCUT2D eigenvalue weighted by atomic mass is 10.1. The van der Waals surface area contributed by atoms with Crippen LogP contribution < -0.4 is 9.80 Å². The number of hydrogen-bond acceptors (Lipinski definition) is 6. The summed E-state index contributed by atoms with van der Waals surface area (Å²) in [6.45, 7) is 2.83. The molecule has 3 heterocycles. The Bertz CT molecular complexity index is 772. The molecule has 0 saturated carbocycles. The molecule has 2 N–H and O–H groups in total. The van der Waals surface area contributed by atoms with Gasteiger partial charge >= 0.3 is 0 Å². The summed E-state index contributed by atoms with van der Waals surface area (Å²) < 4.78 is 0. The summed E-state index contributed by atoms with van der Waals surface area (Å²) in [4.78, 5) is 13.7. The fourth-order valence-corrected chi connectivity index (χ4v) is 3.91. The minimum absolute atomic E-state index is 0.335. The van der Waals surface area contributed by atoms with Crippen molar-refractivity contribution in [2.45, 2.75) is 37.9 Å². The van der Waals surface area contributed by atoms with Crippen LogP contribution in [0, 0.1) is 0 Å². The zero-order chi connectivity index (χ0) is 17.4. The van der Waals surface area contributed by atoms with E-state index in [2.05, 4.69) is 4.90 Å². The molecule has 2 unspecified atom stereocenters. The van der Waals surface area contributed by atoms with E-state index >= 15 is 0 Å². The first kappa shape index (κ1) is 16.8. The number of hydrogen-bond donors (Lipinski definition) is 2. The molecular formula is C18H23ClN4O2. The number of piperidine rings is 2. The zero-order valence-electron chi connectivity index (χ0n) is 14.1. The lowest BCUT2D eigenvalue weighted by Crippen LogP contribution is -2.41. The van der Waals surface area contributed by atoms with Gasteiger partial charge in [-0.25, -0.2) is 4.98 Å². The molecule has 7 heteroatoms. The van der Waals surface area contributed by atoms with Crippen LogP contribution in [0.25, 0.3) is 10.9 Å². The Balaban J connectivity index is 1.79. The second-order valence-corrected chi connectivity index (χ2v) is 7.43. The predicted molar refractivity (Wildman–Crippen MR) is 99.5 cm³/mol. The number of fused-ring (bicyclic) bond motifs is 1. The highest BCUT2D eigenvalue weighted by Crippen LogP contribution is 2.31. The van der Waals surface area contributed by atoms with Gasteiger partial charge in [-0.3, -0.25) is 0 Å². The zero-order valence-corrected chi connectivity index (χ0v) is 14.9. The number of nitrogens with zero attached hydrogens (tertiary/aromatic N) is 4. The van der Waals surface area contributed by atoms with E-state index in [1.54, 1.807) is 0 Å². The third-order valence-electron chi connectivity index (χ3n) is 5.00. The van der Waals surface area contributed by atoms with E-state index in [-0.39, 0.29) is 12.2 Å². The molecule has 0 amide bonds. The molecule has 2 aliphatic rings. The number of benzene rings is 1. The summed E-state index contributed by atoms with van der Waals surface area (Å²) in [5, 5.41) is 21.6. The number of rotatable bonds is 2. The highest BCUT2D eigenvalue weighted by Gasteiger charge is 2.25. The number of aromatic nitrogens is 2. The molecule has 2 aromatic rings. The van der Waals surface area contributed by atoms with Gasteiger partial charge in [0.2, 0.25) is 5.95 Å². The average molecular weight is 363 g/mol. The molecule has 2 aliphatic heterocycles. The summed E-state index contributed by atoms with van der Waals surface area (Å²) in [6.07, 6.45) is 2.85. The van der Waals surface area contributed by atoms with Crippen LogP contribution in [0.3, 0.4) is 0 Å². The quantitative estimate of drug-likeness (QED) is 0.853. The van der Waals surface area contributed by atoms with Crippen LogP contribution in [0.5, 0.6) is 0 Å². The van der Waals surface area contributed by atoms with Gasteiger partial charge in [-0.05, 0) is 43.9 Å². The minimum Gasteiger partial charge on any atom is -0.391 e.